The standard InChI is InChI=1S/C14H14F3NO2/c15-14(16,17)9-3-1-8(2-4-9)5-18-6-10-11(7-18)12(10)13(19)20/h1-4,10-12H,5-7H2,(H,19,20). The Labute approximate surface area is 114 Å². The number of rotatable bonds is 3. The first kappa shape index (κ1) is 13.4. The molecule has 1 aromatic rings. The number of fused-ring (bicyclic) bond motifs is 1. The molecule has 0 amide bonds. The molecule has 1 aliphatic heterocycles. The van der Waals surface area contributed by atoms with Gasteiger partial charge in [0.1, 0.15) is 0 Å². The second kappa shape index (κ2) is 4.48. The Morgan fingerprint density at radius 2 is 1.75 bits per heavy atom. The molecule has 1 heterocycles. The Bertz CT molecular complexity index is 514. The summed E-state index contributed by atoms with van der Waals surface area (Å²) >= 11 is 0. The van der Waals surface area contributed by atoms with Crippen molar-refractivity contribution in [3.05, 3.63) is 35.4 Å². The van der Waals surface area contributed by atoms with E-state index in [9.17, 15) is 18.0 Å². The third-order valence-corrected chi connectivity index (χ3v) is 4.24. The molecule has 2 unspecified atom stereocenters. The van der Waals surface area contributed by atoms with E-state index in [2.05, 4.69) is 4.90 Å². The molecule has 0 radical (unpaired) electrons. The van der Waals surface area contributed by atoms with Crippen molar-refractivity contribution in [1.82, 2.24) is 4.90 Å². The first-order valence-corrected chi connectivity index (χ1v) is 6.47. The number of piperidine rings is 1. The van der Waals surface area contributed by atoms with Crippen molar-refractivity contribution in [2.45, 2.75) is 12.7 Å². The first-order chi connectivity index (χ1) is 9.36. The van der Waals surface area contributed by atoms with Crippen LogP contribution in [0.15, 0.2) is 24.3 Å². The monoisotopic (exact) mass is 285 g/mol. The van der Waals surface area contributed by atoms with Crippen LogP contribution < -0.4 is 0 Å². The molecule has 1 aromatic carbocycles. The predicted octanol–water partition coefficient (Wildman–Crippen LogP) is 2.47. The van der Waals surface area contributed by atoms with Gasteiger partial charge >= 0.3 is 12.1 Å². The molecular formula is C14H14F3NO2. The lowest BCUT2D eigenvalue weighted by Gasteiger charge is -2.19. The Hall–Kier alpha value is -1.56. The van der Waals surface area contributed by atoms with E-state index in [-0.39, 0.29) is 17.8 Å². The molecule has 3 rings (SSSR count). The molecule has 1 saturated carbocycles. The van der Waals surface area contributed by atoms with Gasteiger partial charge < -0.3 is 5.11 Å². The Balaban J connectivity index is 1.57. The van der Waals surface area contributed by atoms with Crippen LogP contribution in [0.1, 0.15) is 11.1 Å². The molecule has 1 saturated heterocycles. The third kappa shape index (κ3) is 2.40. The van der Waals surface area contributed by atoms with Crippen LogP contribution in [0.25, 0.3) is 0 Å². The van der Waals surface area contributed by atoms with Crippen molar-refractivity contribution < 1.29 is 23.1 Å². The van der Waals surface area contributed by atoms with Crippen LogP contribution >= 0.6 is 0 Å². The van der Waals surface area contributed by atoms with Gasteiger partial charge in [0.2, 0.25) is 0 Å². The van der Waals surface area contributed by atoms with Crippen LogP contribution in [0, 0.1) is 17.8 Å². The summed E-state index contributed by atoms with van der Waals surface area (Å²) in [7, 11) is 0. The van der Waals surface area contributed by atoms with Crippen molar-refractivity contribution in [1.29, 1.82) is 0 Å². The lowest BCUT2D eigenvalue weighted by molar-refractivity contribution is -0.139. The van der Waals surface area contributed by atoms with Crippen LogP contribution in [0.3, 0.4) is 0 Å². The zero-order chi connectivity index (χ0) is 14.5. The number of likely N-dealkylation sites (tertiary alicyclic amines) is 1. The Kier molecular flexibility index (Phi) is 3.01. The van der Waals surface area contributed by atoms with E-state index in [0.717, 1.165) is 30.8 Å². The van der Waals surface area contributed by atoms with Crippen molar-refractivity contribution in [2.75, 3.05) is 13.1 Å². The maximum atomic E-state index is 12.4. The molecule has 2 atom stereocenters. The number of hydrogen-bond donors (Lipinski definition) is 1. The Morgan fingerprint density at radius 3 is 2.20 bits per heavy atom. The number of carboxylic acids is 1. The van der Waals surface area contributed by atoms with Gasteiger partial charge in [0.25, 0.3) is 0 Å². The van der Waals surface area contributed by atoms with E-state index in [0.29, 0.717) is 6.54 Å². The minimum Gasteiger partial charge on any atom is -0.481 e. The van der Waals surface area contributed by atoms with Crippen molar-refractivity contribution in [3.8, 4) is 0 Å². The summed E-state index contributed by atoms with van der Waals surface area (Å²) in [6.07, 6.45) is -4.30. The van der Waals surface area contributed by atoms with Gasteiger partial charge in [-0.3, -0.25) is 9.69 Å². The smallest absolute Gasteiger partial charge is 0.416 e. The second-order valence-corrected chi connectivity index (χ2v) is 5.58. The van der Waals surface area contributed by atoms with Crippen LogP contribution in [0.5, 0.6) is 0 Å². The normalized spacial score (nSPS) is 29.2. The van der Waals surface area contributed by atoms with Gasteiger partial charge in [-0.2, -0.15) is 13.2 Å². The van der Waals surface area contributed by atoms with E-state index in [4.69, 9.17) is 5.11 Å². The zero-order valence-electron chi connectivity index (χ0n) is 10.6. The topological polar surface area (TPSA) is 40.5 Å². The molecule has 0 bridgehead atoms. The predicted molar refractivity (Wildman–Crippen MR) is 64.8 cm³/mol. The number of alkyl halides is 3. The number of benzene rings is 1. The van der Waals surface area contributed by atoms with Gasteiger partial charge in [0.15, 0.2) is 0 Å². The highest BCUT2D eigenvalue weighted by Crippen LogP contribution is 2.51. The van der Waals surface area contributed by atoms with E-state index >= 15 is 0 Å². The lowest BCUT2D eigenvalue weighted by Crippen LogP contribution is -2.25. The van der Waals surface area contributed by atoms with Crippen molar-refractivity contribution in [2.24, 2.45) is 17.8 Å². The van der Waals surface area contributed by atoms with Gasteiger partial charge in [-0.05, 0) is 29.5 Å². The SMILES string of the molecule is O=C(O)C1C2CN(Cc3ccc(C(F)(F)F)cc3)CC21. The van der Waals surface area contributed by atoms with Crippen LogP contribution in [-0.2, 0) is 17.5 Å². The first-order valence-electron chi connectivity index (χ1n) is 6.47. The maximum absolute atomic E-state index is 12.4. The minimum atomic E-state index is -4.30. The number of nitrogens with zero attached hydrogens (tertiary/aromatic N) is 1. The molecule has 1 aliphatic carbocycles. The molecule has 108 valence electrons. The highest BCUT2D eigenvalue weighted by Gasteiger charge is 2.59. The number of aliphatic carboxylic acids is 1. The zero-order valence-corrected chi connectivity index (χ0v) is 10.6. The molecule has 1 N–H and O–H groups in total. The molecule has 3 nitrogen and oxygen atoms in total. The molecule has 2 aliphatic rings. The highest BCUT2D eigenvalue weighted by molar-refractivity contribution is 5.74. The van der Waals surface area contributed by atoms with E-state index in [1.807, 2.05) is 0 Å². The van der Waals surface area contributed by atoms with Crippen LogP contribution in [0.2, 0.25) is 0 Å². The van der Waals surface area contributed by atoms with Gasteiger partial charge in [0, 0.05) is 19.6 Å². The molecule has 0 spiro atoms. The van der Waals surface area contributed by atoms with Crippen molar-refractivity contribution in [3.63, 3.8) is 0 Å². The number of carbonyl (C=O) groups is 1. The fourth-order valence-electron chi connectivity index (χ4n) is 3.17. The van der Waals surface area contributed by atoms with E-state index in [1.54, 1.807) is 0 Å². The van der Waals surface area contributed by atoms with Crippen molar-refractivity contribution >= 4 is 5.97 Å². The van der Waals surface area contributed by atoms with Gasteiger partial charge in [-0.15, -0.1) is 0 Å². The minimum absolute atomic E-state index is 0.209. The largest absolute Gasteiger partial charge is 0.481 e. The fourth-order valence-corrected chi connectivity index (χ4v) is 3.17. The van der Waals surface area contributed by atoms with Gasteiger partial charge in [-0.1, -0.05) is 12.1 Å². The summed E-state index contributed by atoms with van der Waals surface area (Å²) in [5.41, 5.74) is 0.183. The summed E-state index contributed by atoms with van der Waals surface area (Å²) in [6, 6.07) is 5.15. The quantitative estimate of drug-likeness (QED) is 0.927. The summed E-state index contributed by atoms with van der Waals surface area (Å²) in [5, 5.41) is 8.92. The summed E-state index contributed by atoms with van der Waals surface area (Å²) in [4.78, 5) is 13.0. The van der Waals surface area contributed by atoms with Gasteiger partial charge in [0.05, 0.1) is 11.5 Å². The fraction of sp³-hybridized carbons (Fsp3) is 0.500. The highest BCUT2D eigenvalue weighted by atomic mass is 19.4. The molecule has 2 fully saturated rings. The average molecular weight is 285 g/mol. The van der Waals surface area contributed by atoms with Gasteiger partial charge in [-0.25, -0.2) is 0 Å². The maximum Gasteiger partial charge on any atom is 0.416 e. The molecule has 20 heavy (non-hydrogen) atoms. The number of halogens is 3. The van der Waals surface area contributed by atoms with E-state index < -0.39 is 17.7 Å². The molecular weight excluding hydrogens is 271 g/mol. The van der Waals surface area contributed by atoms with E-state index in [1.165, 1.54) is 12.1 Å². The summed E-state index contributed by atoms with van der Waals surface area (Å²) in [5.74, 6) is -0.489. The Morgan fingerprint density at radius 1 is 1.20 bits per heavy atom. The average Bonchev–Trinajstić information content (AvgIpc) is 2.87. The number of carboxylic acid groups (broad SMARTS) is 1. The molecule has 6 heteroatoms. The lowest BCUT2D eigenvalue weighted by atomic mass is 10.1. The summed E-state index contributed by atoms with van der Waals surface area (Å²) < 4.78 is 37.3. The molecule has 0 aromatic heterocycles. The van der Waals surface area contributed by atoms with Crippen LogP contribution in [-0.4, -0.2) is 29.1 Å². The summed E-state index contributed by atoms with van der Waals surface area (Å²) in [6.45, 7) is 2.03. The number of hydrogen-bond acceptors (Lipinski definition) is 2. The van der Waals surface area contributed by atoms with Crippen LogP contribution in [0.4, 0.5) is 13.2 Å². The second-order valence-electron chi connectivity index (χ2n) is 5.58. The third-order valence-electron chi connectivity index (χ3n) is 4.24.